The van der Waals surface area contributed by atoms with Gasteiger partial charge in [0.15, 0.2) is 11.6 Å². The fraction of sp³-hybridized carbons (Fsp3) is 0.160. The Bertz CT molecular complexity index is 1520. The summed E-state index contributed by atoms with van der Waals surface area (Å²) in [5.41, 5.74) is 4.91. The van der Waals surface area contributed by atoms with Gasteiger partial charge < -0.3 is 29.4 Å². The molecule has 0 aliphatic rings. The molecule has 0 fully saturated rings. The van der Waals surface area contributed by atoms with E-state index in [1.807, 2.05) is 59.6 Å². The van der Waals surface area contributed by atoms with Crippen LogP contribution < -0.4 is 14.8 Å². The van der Waals surface area contributed by atoms with Gasteiger partial charge in [0.2, 0.25) is 5.88 Å². The van der Waals surface area contributed by atoms with Crippen molar-refractivity contribution in [3.8, 4) is 28.7 Å². The normalized spacial score (nSPS) is 10.2. The van der Waals surface area contributed by atoms with Crippen molar-refractivity contribution in [2.24, 2.45) is 7.05 Å². The molecule has 0 amide bonds. The zero-order chi connectivity index (χ0) is 23.8. The summed E-state index contributed by atoms with van der Waals surface area (Å²) in [7, 11) is 4.95. The molecule has 3 heterocycles. The highest BCUT2D eigenvalue weighted by atomic mass is 35.5. The van der Waals surface area contributed by atoms with Crippen LogP contribution in [0.15, 0.2) is 61.1 Å². The van der Waals surface area contributed by atoms with Gasteiger partial charge in [-0.25, -0.2) is 14.4 Å². The molecule has 0 bridgehead atoms. The minimum absolute atomic E-state index is 0. The Morgan fingerprint density at radius 2 is 1.76 bits per heavy atom. The molecular formula is C25H27Cl2FN6O3. The van der Waals surface area contributed by atoms with E-state index in [1.165, 1.54) is 13.2 Å². The Morgan fingerprint density at radius 1 is 0.973 bits per heavy atom. The number of imidazole rings is 2. The minimum Gasteiger partial charge on any atom is -0.494 e. The first kappa shape index (κ1) is 29.4. The fourth-order valence-corrected chi connectivity index (χ4v) is 3.91. The van der Waals surface area contributed by atoms with Gasteiger partial charge >= 0.3 is 0 Å². The third-order valence-corrected chi connectivity index (χ3v) is 5.61. The molecule has 0 aliphatic heterocycles. The molecule has 0 saturated carbocycles. The van der Waals surface area contributed by atoms with E-state index in [1.54, 1.807) is 25.6 Å². The number of para-hydroxylation sites is 1. The summed E-state index contributed by atoms with van der Waals surface area (Å²) in [6.45, 7) is 1.93. The van der Waals surface area contributed by atoms with E-state index in [-0.39, 0.29) is 36.0 Å². The lowest BCUT2D eigenvalue weighted by Gasteiger charge is -2.11. The molecular weight excluding hydrogens is 522 g/mol. The van der Waals surface area contributed by atoms with Crippen LogP contribution >= 0.6 is 24.8 Å². The first-order valence-electron chi connectivity index (χ1n) is 10.6. The number of methoxy groups -OCH3 is 2. The fourth-order valence-electron chi connectivity index (χ4n) is 3.91. The topological polar surface area (TPSA) is 111 Å². The van der Waals surface area contributed by atoms with Crippen LogP contribution in [0.4, 0.5) is 15.9 Å². The number of ether oxygens (including phenoxy) is 2. The maximum Gasteiger partial charge on any atom is 0.240 e. The highest BCUT2D eigenvalue weighted by Crippen LogP contribution is 2.32. The monoisotopic (exact) mass is 548 g/mol. The number of aromatic nitrogens is 5. The average molecular weight is 549 g/mol. The molecule has 5 rings (SSSR count). The van der Waals surface area contributed by atoms with Crippen molar-refractivity contribution in [2.45, 2.75) is 6.92 Å². The zero-order valence-corrected chi connectivity index (χ0v) is 22.2. The second kappa shape index (κ2) is 11.9. The van der Waals surface area contributed by atoms with Gasteiger partial charge in [-0.15, -0.1) is 24.8 Å². The van der Waals surface area contributed by atoms with Crippen molar-refractivity contribution in [1.29, 1.82) is 0 Å². The minimum atomic E-state index is -0.415. The predicted octanol–water partition coefficient (Wildman–Crippen LogP) is 5.05. The maximum atomic E-state index is 13.9. The van der Waals surface area contributed by atoms with Gasteiger partial charge in [-0.3, -0.25) is 0 Å². The largest absolute Gasteiger partial charge is 0.494 e. The van der Waals surface area contributed by atoms with E-state index in [0.717, 1.165) is 33.7 Å². The summed E-state index contributed by atoms with van der Waals surface area (Å²) >= 11 is 0. The Kier molecular flexibility index (Phi) is 9.46. The second-order valence-electron chi connectivity index (χ2n) is 7.79. The number of aryl methyl sites for hydroxylation is 2. The number of hydrogen-bond acceptors (Lipinski definition) is 6. The van der Waals surface area contributed by atoms with Gasteiger partial charge in [-0.1, -0.05) is 6.07 Å². The third kappa shape index (κ3) is 5.46. The van der Waals surface area contributed by atoms with Crippen LogP contribution in [-0.4, -0.2) is 43.8 Å². The summed E-state index contributed by atoms with van der Waals surface area (Å²) in [4.78, 5) is 13.7. The van der Waals surface area contributed by atoms with Crippen LogP contribution in [0.25, 0.3) is 28.1 Å². The highest BCUT2D eigenvalue weighted by Gasteiger charge is 2.16. The van der Waals surface area contributed by atoms with Crippen molar-refractivity contribution in [3.63, 3.8) is 0 Å². The molecule has 3 N–H and O–H groups in total. The second-order valence-corrected chi connectivity index (χ2v) is 7.79. The quantitative estimate of drug-likeness (QED) is 0.318. The lowest BCUT2D eigenvalue weighted by Crippen LogP contribution is -2.01. The van der Waals surface area contributed by atoms with Gasteiger partial charge in [0, 0.05) is 18.8 Å². The van der Waals surface area contributed by atoms with Crippen LogP contribution in [0.5, 0.6) is 11.6 Å². The van der Waals surface area contributed by atoms with Crippen molar-refractivity contribution < 1.29 is 19.3 Å². The summed E-state index contributed by atoms with van der Waals surface area (Å²) in [6, 6.07) is 14.4. The van der Waals surface area contributed by atoms with Gasteiger partial charge in [0.05, 0.1) is 37.4 Å². The van der Waals surface area contributed by atoms with E-state index >= 15 is 0 Å². The third-order valence-electron chi connectivity index (χ3n) is 5.61. The molecule has 9 nitrogen and oxygen atoms in total. The molecule has 0 radical (unpaired) electrons. The Hall–Kier alpha value is -3.86. The lowest BCUT2D eigenvalue weighted by atomic mass is 10.2. The molecule has 0 spiro atoms. The highest BCUT2D eigenvalue weighted by molar-refractivity contribution is 5.92. The van der Waals surface area contributed by atoms with Gasteiger partial charge in [0.1, 0.15) is 22.8 Å². The smallest absolute Gasteiger partial charge is 0.240 e. The van der Waals surface area contributed by atoms with Crippen LogP contribution in [-0.2, 0) is 7.05 Å². The molecule has 2 aromatic carbocycles. The molecule has 37 heavy (non-hydrogen) atoms. The Balaban J connectivity index is 0.00000160. The van der Waals surface area contributed by atoms with Gasteiger partial charge in [-0.2, -0.15) is 4.98 Å². The number of benzene rings is 2. The zero-order valence-electron chi connectivity index (χ0n) is 20.5. The average Bonchev–Trinajstić information content (AvgIpc) is 3.43. The standard InChI is InChI=1S/C25H23FN6O2.2ClH.H2O/c1-15-13-32(14-27-15)20-10-11-22(29-25(20)34-4)28-18-6-5-7-19-23(18)30-24(31(19)2)16-8-9-17(26)21(12-16)33-3;;;/h5-14H,1-4H3,(H,28,29);2*1H;1H2. The number of halogens is 3. The molecule has 3 aromatic heterocycles. The summed E-state index contributed by atoms with van der Waals surface area (Å²) < 4.78 is 28.4. The van der Waals surface area contributed by atoms with E-state index in [4.69, 9.17) is 14.5 Å². The van der Waals surface area contributed by atoms with Crippen molar-refractivity contribution in [2.75, 3.05) is 19.5 Å². The molecule has 196 valence electrons. The molecule has 5 aromatic rings. The number of hydrogen-bond donors (Lipinski definition) is 1. The summed E-state index contributed by atoms with van der Waals surface area (Å²) in [5.74, 6) is 1.53. The molecule has 0 atom stereocenters. The predicted molar refractivity (Wildman–Crippen MR) is 147 cm³/mol. The number of nitrogens with one attached hydrogen (secondary N) is 1. The summed E-state index contributed by atoms with van der Waals surface area (Å²) in [5, 5.41) is 3.35. The SMILES string of the molecule is COc1cc(-c2nc3c(Nc4ccc(-n5cnc(C)c5)c(OC)n4)cccc3n2C)ccc1F.Cl.Cl.O. The van der Waals surface area contributed by atoms with Crippen LogP contribution in [0.2, 0.25) is 0 Å². The molecule has 12 heteroatoms. The lowest BCUT2D eigenvalue weighted by molar-refractivity contribution is 0.386. The molecule has 0 aliphatic carbocycles. The van der Waals surface area contributed by atoms with Crippen molar-refractivity contribution in [1.82, 2.24) is 24.1 Å². The Morgan fingerprint density at radius 3 is 2.43 bits per heavy atom. The van der Waals surface area contributed by atoms with E-state index < -0.39 is 5.82 Å². The van der Waals surface area contributed by atoms with Gasteiger partial charge in [-0.05, 0) is 49.4 Å². The first-order chi connectivity index (χ1) is 16.5. The van der Waals surface area contributed by atoms with E-state index in [9.17, 15) is 4.39 Å². The van der Waals surface area contributed by atoms with Crippen molar-refractivity contribution >= 4 is 47.4 Å². The van der Waals surface area contributed by atoms with E-state index in [0.29, 0.717) is 17.5 Å². The molecule has 0 unspecified atom stereocenters. The molecule has 0 saturated heterocycles. The number of nitrogens with zero attached hydrogens (tertiary/aromatic N) is 5. The van der Waals surface area contributed by atoms with Crippen molar-refractivity contribution in [3.05, 3.63) is 72.6 Å². The maximum absolute atomic E-state index is 13.9. The van der Waals surface area contributed by atoms with Crippen LogP contribution in [0.1, 0.15) is 5.69 Å². The van der Waals surface area contributed by atoms with Gasteiger partial charge in [0.25, 0.3) is 0 Å². The Labute approximate surface area is 225 Å². The number of fused-ring (bicyclic) bond motifs is 1. The number of anilines is 2. The number of pyridine rings is 1. The number of rotatable bonds is 6. The van der Waals surface area contributed by atoms with Crippen LogP contribution in [0, 0.1) is 12.7 Å². The first-order valence-corrected chi connectivity index (χ1v) is 10.6. The van der Waals surface area contributed by atoms with E-state index in [2.05, 4.69) is 15.3 Å². The van der Waals surface area contributed by atoms with Crippen LogP contribution in [0.3, 0.4) is 0 Å². The summed E-state index contributed by atoms with van der Waals surface area (Å²) in [6.07, 6.45) is 3.63.